The van der Waals surface area contributed by atoms with Crippen molar-refractivity contribution in [3.05, 3.63) is 53.7 Å². The molecule has 0 unspecified atom stereocenters. The first kappa shape index (κ1) is 14.6. The maximum atomic E-state index is 13.1. The van der Waals surface area contributed by atoms with E-state index in [1.54, 1.807) is 23.2 Å². The number of anilines is 1. The molecule has 0 N–H and O–H groups in total. The van der Waals surface area contributed by atoms with E-state index >= 15 is 0 Å². The van der Waals surface area contributed by atoms with Gasteiger partial charge in [-0.25, -0.2) is 14.2 Å². The normalized spacial score (nSPS) is 21.9. The number of aromatic nitrogens is 2. The van der Waals surface area contributed by atoms with E-state index in [0.29, 0.717) is 16.9 Å². The third-order valence-corrected chi connectivity index (χ3v) is 4.25. The molecule has 4 rings (SSSR count). The molecule has 1 saturated carbocycles. The number of hydrogen-bond acceptors (Lipinski definition) is 4. The average Bonchev–Trinajstić information content (AvgIpc) is 3.14. The minimum Gasteiger partial charge on any atom is -0.444 e. The molecule has 6 heteroatoms. The lowest BCUT2D eigenvalue weighted by Gasteiger charge is -2.18. The highest BCUT2D eigenvalue weighted by Crippen LogP contribution is 2.35. The molecule has 2 fully saturated rings. The van der Waals surface area contributed by atoms with E-state index in [-0.39, 0.29) is 18.2 Å². The Morgan fingerprint density at radius 3 is 2.83 bits per heavy atom. The molecule has 5 nitrogen and oxygen atoms in total. The number of rotatable bonds is 1. The van der Waals surface area contributed by atoms with Crippen LogP contribution >= 0.6 is 0 Å². The van der Waals surface area contributed by atoms with Gasteiger partial charge in [-0.3, -0.25) is 9.88 Å². The lowest BCUT2D eigenvalue weighted by atomic mass is 10.2. The van der Waals surface area contributed by atoms with Crippen molar-refractivity contribution in [3.63, 3.8) is 0 Å². The number of ether oxygens (including phenoxy) is 1. The maximum absolute atomic E-state index is 13.1. The highest BCUT2D eigenvalue weighted by molar-refractivity contribution is 5.89. The zero-order valence-electron chi connectivity index (χ0n) is 12.8. The number of carbonyl (C=O) groups is 1. The molecule has 1 aliphatic heterocycles. The molecule has 2 atom stereocenters. The van der Waals surface area contributed by atoms with Crippen molar-refractivity contribution in [2.45, 2.75) is 31.4 Å². The van der Waals surface area contributed by atoms with Crippen LogP contribution in [-0.4, -0.2) is 28.2 Å². The van der Waals surface area contributed by atoms with Gasteiger partial charge in [0.15, 0.2) is 0 Å². The highest BCUT2D eigenvalue weighted by atomic mass is 19.1. The summed E-state index contributed by atoms with van der Waals surface area (Å²) >= 11 is 0. The Balaban J connectivity index is 1.54. The van der Waals surface area contributed by atoms with Gasteiger partial charge in [-0.05, 0) is 37.5 Å². The van der Waals surface area contributed by atoms with Crippen molar-refractivity contribution in [1.82, 2.24) is 9.97 Å². The van der Waals surface area contributed by atoms with Crippen molar-refractivity contribution in [3.8, 4) is 11.8 Å². The summed E-state index contributed by atoms with van der Waals surface area (Å²) in [5, 5.41) is 0. The van der Waals surface area contributed by atoms with E-state index in [0.717, 1.165) is 25.5 Å². The molecule has 0 radical (unpaired) electrons. The van der Waals surface area contributed by atoms with Gasteiger partial charge in [0.25, 0.3) is 0 Å². The molecule has 3 heterocycles. The first-order chi connectivity index (χ1) is 11.7. The Morgan fingerprint density at radius 2 is 2.04 bits per heavy atom. The lowest BCUT2D eigenvalue weighted by Crippen LogP contribution is -2.34. The maximum Gasteiger partial charge on any atom is 0.416 e. The average molecular weight is 323 g/mol. The van der Waals surface area contributed by atoms with Crippen LogP contribution in [0.3, 0.4) is 0 Å². The van der Waals surface area contributed by atoms with Gasteiger partial charge in [-0.1, -0.05) is 11.8 Å². The Kier molecular flexibility index (Phi) is 3.62. The summed E-state index contributed by atoms with van der Waals surface area (Å²) < 4.78 is 18.4. The van der Waals surface area contributed by atoms with Crippen LogP contribution in [0.5, 0.6) is 0 Å². The summed E-state index contributed by atoms with van der Waals surface area (Å²) in [4.78, 5) is 21.7. The number of fused-ring (bicyclic) bond motifs is 1. The van der Waals surface area contributed by atoms with Crippen molar-refractivity contribution in [2.24, 2.45) is 0 Å². The smallest absolute Gasteiger partial charge is 0.416 e. The summed E-state index contributed by atoms with van der Waals surface area (Å²) in [6.07, 6.45) is 6.80. The van der Waals surface area contributed by atoms with Crippen LogP contribution in [0.1, 0.15) is 30.4 Å². The third kappa shape index (κ3) is 2.69. The molecular formula is C18H14FN3O2. The van der Waals surface area contributed by atoms with E-state index < -0.39 is 5.82 Å². The van der Waals surface area contributed by atoms with Crippen LogP contribution in [0.15, 0.2) is 36.8 Å². The first-order valence-electron chi connectivity index (χ1n) is 7.79. The third-order valence-electron chi connectivity index (χ3n) is 4.25. The number of pyridine rings is 2. The molecular weight excluding hydrogens is 309 g/mol. The predicted molar refractivity (Wildman–Crippen MR) is 84.8 cm³/mol. The standard InChI is InChI=1S/C18H14FN3O2/c19-14-8-13(9-20-11-14)5-4-12-6-7-17(21-10-12)22-15-2-1-3-16(15)24-18(22)23/h6-11,15-16H,1-3H2/t15-,16+/m1/s1. The molecule has 2 aliphatic rings. The van der Waals surface area contributed by atoms with Crippen LogP contribution < -0.4 is 4.90 Å². The fourth-order valence-electron chi connectivity index (χ4n) is 3.15. The molecule has 24 heavy (non-hydrogen) atoms. The Morgan fingerprint density at radius 1 is 1.17 bits per heavy atom. The second-order valence-corrected chi connectivity index (χ2v) is 5.84. The molecule has 2 aromatic heterocycles. The van der Waals surface area contributed by atoms with Gasteiger partial charge >= 0.3 is 6.09 Å². The minimum absolute atomic E-state index is 0.0146. The minimum atomic E-state index is -0.422. The summed E-state index contributed by atoms with van der Waals surface area (Å²) in [5.41, 5.74) is 1.18. The van der Waals surface area contributed by atoms with Crippen LogP contribution in [0, 0.1) is 17.7 Å². The van der Waals surface area contributed by atoms with Gasteiger partial charge in [-0.15, -0.1) is 0 Å². The van der Waals surface area contributed by atoms with E-state index in [2.05, 4.69) is 21.8 Å². The number of nitrogens with zero attached hydrogens (tertiary/aromatic N) is 3. The Hall–Kier alpha value is -2.94. The topological polar surface area (TPSA) is 55.3 Å². The van der Waals surface area contributed by atoms with Gasteiger partial charge in [-0.2, -0.15) is 0 Å². The zero-order valence-corrected chi connectivity index (χ0v) is 12.8. The van der Waals surface area contributed by atoms with Crippen LogP contribution in [0.4, 0.5) is 15.0 Å². The molecule has 2 aromatic rings. The Bertz CT molecular complexity index is 841. The van der Waals surface area contributed by atoms with E-state index in [1.165, 1.54) is 12.3 Å². The van der Waals surface area contributed by atoms with Gasteiger partial charge in [0.1, 0.15) is 17.7 Å². The highest BCUT2D eigenvalue weighted by Gasteiger charge is 2.45. The van der Waals surface area contributed by atoms with E-state index in [1.807, 2.05) is 0 Å². The van der Waals surface area contributed by atoms with Gasteiger partial charge in [0.05, 0.1) is 12.2 Å². The number of carbonyl (C=O) groups excluding carboxylic acids is 1. The number of hydrogen-bond donors (Lipinski definition) is 0. The number of halogens is 1. The van der Waals surface area contributed by atoms with Crippen LogP contribution in [0.2, 0.25) is 0 Å². The quantitative estimate of drug-likeness (QED) is 0.757. The second-order valence-electron chi connectivity index (χ2n) is 5.84. The summed E-state index contributed by atoms with van der Waals surface area (Å²) in [6.45, 7) is 0. The molecule has 0 spiro atoms. The largest absolute Gasteiger partial charge is 0.444 e. The van der Waals surface area contributed by atoms with Crippen LogP contribution in [-0.2, 0) is 4.74 Å². The van der Waals surface area contributed by atoms with Crippen molar-refractivity contribution < 1.29 is 13.9 Å². The number of amides is 1. The molecule has 0 aromatic carbocycles. The summed E-state index contributed by atoms with van der Waals surface area (Å²) in [5.74, 6) is 5.90. The molecule has 1 aliphatic carbocycles. The second kappa shape index (κ2) is 5.93. The summed E-state index contributed by atoms with van der Waals surface area (Å²) in [7, 11) is 0. The fraction of sp³-hybridized carbons (Fsp3) is 0.278. The lowest BCUT2D eigenvalue weighted by molar-refractivity contribution is 0.138. The Labute approximate surface area is 138 Å². The predicted octanol–water partition coefficient (Wildman–Crippen LogP) is 2.89. The molecule has 0 bridgehead atoms. The van der Waals surface area contributed by atoms with Crippen molar-refractivity contribution in [2.75, 3.05) is 4.90 Å². The SMILES string of the molecule is O=C1O[C@H]2CCC[C@H]2N1c1ccc(C#Cc2cncc(F)c2)cn1. The fourth-order valence-corrected chi connectivity index (χ4v) is 3.15. The summed E-state index contributed by atoms with van der Waals surface area (Å²) in [6, 6.07) is 4.95. The monoisotopic (exact) mass is 323 g/mol. The van der Waals surface area contributed by atoms with E-state index in [9.17, 15) is 9.18 Å². The van der Waals surface area contributed by atoms with E-state index in [4.69, 9.17) is 4.74 Å². The molecule has 120 valence electrons. The van der Waals surface area contributed by atoms with Crippen LogP contribution in [0.25, 0.3) is 0 Å². The van der Waals surface area contributed by atoms with Gasteiger partial charge in [0, 0.05) is 23.5 Å². The van der Waals surface area contributed by atoms with Gasteiger partial charge in [0.2, 0.25) is 0 Å². The van der Waals surface area contributed by atoms with Crippen molar-refractivity contribution in [1.29, 1.82) is 0 Å². The van der Waals surface area contributed by atoms with Crippen molar-refractivity contribution >= 4 is 11.9 Å². The molecule has 1 amide bonds. The molecule has 1 saturated heterocycles. The first-order valence-corrected chi connectivity index (χ1v) is 7.79. The van der Waals surface area contributed by atoms with Gasteiger partial charge < -0.3 is 4.74 Å². The zero-order chi connectivity index (χ0) is 16.5.